The van der Waals surface area contributed by atoms with Crippen molar-refractivity contribution < 1.29 is 0 Å². The van der Waals surface area contributed by atoms with Gasteiger partial charge >= 0.3 is 0 Å². The largest absolute Gasteiger partial charge is 0.0949 e. The van der Waals surface area contributed by atoms with Crippen molar-refractivity contribution in [3.05, 3.63) is 36.0 Å². The van der Waals surface area contributed by atoms with Gasteiger partial charge in [-0.3, -0.25) is 0 Å². The van der Waals surface area contributed by atoms with Crippen LogP contribution < -0.4 is 0 Å². The molecule has 0 bridgehead atoms. The molecule has 1 atom stereocenters. The van der Waals surface area contributed by atoms with Crippen LogP contribution in [0.15, 0.2) is 36.0 Å². The molecule has 0 aromatic carbocycles. The lowest BCUT2D eigenvalue weighted by atomic mass is 9.78. The summed E-state index contributed by atoms with van der Waals surface area (Å²) in [5.41, 5.74) is 2.73. The molecule has 0 fully saturated rings. The summed E-state index contributed by atoms with van der Waals surface area (Å²) in [5.74, 6) is 1.80. The fraction of sp³-hybridized carbons (Fsp3) is 0.538. The number of hydrogen-bond acceptors (Lipinski definition) is 0. The molecule has 0 amide bonds. The Morgan fingerprint density at radius 1 is 1.23 bits per heavy atom. The third-order valence-corrected chi connectivity index (χ3v) is 2.71. The Kier molecular flexibility index (Phi) is 3.13. The zero-order valence-corrected chi connectivity index (χ0v) is 9.17. The van der Waals surface area contributed by atoms with Gasteiger partial charge in [0.2, 0.25) is 0 Å². The first kappa shape index (κ1) is 10.3. The van der Waals surface area contributed by atoms with Crippen LogP contribution in [0, 0.1) is 17.8 Å². The van der Waals surface area contributed by atoms with Gasteiger partial charge in [0.25, 0.3) is 0 Å². The quantitative estimate of drug-likeness (QED) is 0.597. The summed E-state index contributed by atoms with van der Waals surface area (Å²) in [7, 11) is 0. The minimum atomic E-state index is 0.544. The average molecular weight is 176 g/mol. The first-order valence-corrected chi connectivity index (χ1v) is 5.11. The Bertz CT molecular complexity index is 251. The van der Waals surface area contributed by atoms with Crippen molar-refractivity contribution >= 4 is 0 Å². The average Bonchev–Trinajstić information content (AvgIpc) is 2.03. The van der Waals surface area contributed by atoms with E-state index >= 15 is 0 Å². The Morgan fingerprint density at radius 2 is 1.85 bits per heavy atom. The van der Waals surface area contributed by atoms with E-state index in [9.17, 15) is 0 Å². The highest BCUT2D eigenvalue weighted by Gasteiger charge is 2.20. The molecule has 72 valence electrons. The van der Waals surface area contributed by atoms with Crippen LogP contribution in [0.4, 0.5) is 0 Å². The topological polar surface area (TPSA) is 0 Å². The van der Waals surface area contributed by atoms with Gasteiger partial charge in [-0.15, -0.1) is 0 Å². The predicted molar refractivity (Wildman–Crippen MR) is 59.5 cm³/mol. The molecular formula is C13H20. The summed E-state index contributed by atoms with van der Waals surface area (Å²) in [4.78, 5) is 0. The van der Waals surface area contributed by atoms with E-state index in [0.717, 1.165) is 0 Å². The number of hydrogen-bond donors (Lipinski definition) is 0. The molecule has 0 saturated carbocycles. The van der Waals surface area contributed by atoms with Crippen LogP contribution >= 0.6 is 0 Å². The van der Waals surface area contributed by atoms with Crippen LogP contribution in [0.3, 0.4) is 0 Å². The van der Waals surface area contributed by atoms with Gasteiger partial charge in [0.05, 0.1) is 0 Å². The van der Waals surface area contributed by atoms with Crippen molar-refractivity contribution in [3.8, 4) is 0 Å². The van der Waals surface area contributed by atoms with Crippen molar-refractivity contribution in [1.82, 2.24) is 0 Å². The van der Waals surface area contributed by atoms with Crippen molar-refractivity contribution in [1.29, 1.82) is 0 Å². The Hall–Kier alpha value is -0.780. The molecule has 0 aromatic heterocycles. The zero-order chi connectivity index (χ0) is 10.0. The van der Waals surface area contributed by atoms with E-state index < -0.39 is 0 Å². The molecule has 1 unspecified atom stereocenters. The van der Waals surface area contributed by atoms with Gasteiger partial charge in [-0.1, -0.05) is 52.5 Å². The molecule has 0 heterocycles. The predicted octanol–water partition coefficient (Wildman–Crippen LogP) is 3.97. The second-order valence-electron chi connectivity index (χ2n) is 4.46. The van der Waals surface area contributed by atoms with Crippen LogP contribution in [0.25, 0.3) is 0 Å². The Balaban J connectivity index is 2.87. The highest BCUT2D eigenvalue weighted by molar-refractivity contribution is 5.41. The van der Waals surface area contributed by atoms with Gasteiger partial charge in [-0.25, -0.2) is 0 Å². The smallest absolute Gasteiger partial charge is 0.00410 e. The molecule has 1 rings (SSSR count). The maximum absolute atomic E-state index is 4.20. The lowest BCUT2D eigenvalue weighted by Gasteiger charge is -2.26. The van der Waals surface area contributed by atoms with Gasteiger partial charge in [-0.2, -0.15) is 0 Å². The fourth-order valence-electron chi connectivity index (χ4n) is 1.88. The normalized spacial score (nSPS) is 22.8. The molecule has 0 nitrogen and oxygen atoms in total. The third-order valence-electron chi connectivity index (χ3n) is 2.71. The standard InChI is InChI=1S/C13H20/c1-9(2)12-7-6-8-13(10(3)4)11(12)5/h6-10,12H,5H2,1-4H3. The fourth-order valence-corrected chi connectivity index (χ4v) is 1.88. The summed E-state index contributed by atoms with van der Waals surface area (Å²) in [5, 5.41) is 0. The SMILES string of the molecule is C=C1C(C(C)C)=CC=CC1C(C)C. The molecule has 0 spiro atoms. The van der Waals surface area contributed by atoms with Crippen LogP contribution in [-0.2, 0) is 0 Å². The molecular weight excluding hydrogens is 156 g/mol. The zero-order valence-electron chi connectivity index (χ0n) is 9.17. The van der Waals surface area contributed by atoms with Crippen LogP contribution in [0.5, 0.6) is 0 Å². The van der Waals surface area contributed by atoms with Gasteiger partial charge in [0.15, 0.2) is 0 Å². The Morgan fingerprint density at radius 3 is 2.31 bits per heavy atom. The summed E-state index contributed by atoms with van der Waals surface area (Å²) in [6.07, 6.45) is 6.64. The molecule has 0 aliphatic heterocycles. The van der Waals surface area contributed by atoms with E-state index in [1.165, 1.54) is 11.1 Å². The van der Waals surface area contributed by atoms with E-state index in [0.29, 0.717) is 17.8 Å². The number of allylic oxidation sites excluding steroid dienone is 5. The highest BCUT2D eigenvalue weighted by Crippen LogP contribution is 2.33. The van der Waals surface area contributed by atoms with Crippen molar-refractivity contribution in [2.75, 3.05) is 0 Å². The van der Waals surface area contributed by atoms with E-state index in [-0.39, 0.29) is 0 Å². The molecule has 0 heteroatoms. The lowest BCUT2D eigenvalue weighted by molar-refractivity contribution is 0.519. The highest BCUT2D eigenvalue weighted by atomic mass is 14.2. The third kappa shape index (κ3) is 2.12. The molecule has 13 heavy (non-hydrogen) atoms. The van der Waals surface area contributed by atoms with E-state index in [1.54, 1.807) is 0 Å². The number of rotatable bonds is 2. The summed E-state index contributed by atoms with van der Waals surface area (Å²) < 4.78 is 0. The first-order valence-electron chi connectivity index (χ1n) is 5.11. The molecule has 0 saturated heterocycles. The van der Waals surface area contributed by atoms with Crippen molar-refractivity contribution in [2.45, 2.75) is 27.7 Å². The molecule has 0 aromatic rings. The summed E-state index contributed by atoms with van der Waals surface area (Å²) in [6.45, 7) is 13.2. The van der Waals surface area contributed by atoms with Gasteiger partial charge < -0.3 is 0 Å². The van der Waals surface area contributed by atoms with E-state index in [4.69, 9.17) is 0 Å². The van der Waals surface area contributed by atoms with Gasteiger partial charge in [-0.05, 0) is 23.0 Å². The molecule has 1 aliphatic rings. The van der Waals surface area contributed by atoms with Crippen LogP contribution in [-0.4, -0.2) is 0 Å². The molecule has 0 radical (unpaired) electrons. The van der Waals surface area contributed by atoms with Gasteiger partial charge in [0.1, 0.15) is 0 Å². The lowest BCUT2D eigenvalue weighted by Crippen LogP contribution is -2.14. The molecule has 1 aliphatic carbocycles. The van der Waals surface area contributed by atoms with Crippen molar-refractivity contribution in [2.24, 2.45) is 17.8 Å². The van der Waals surface area contributed by atoms with Gasteiger partial charge in [0, 0.05) is 5.92 Å². The first-order chi connectivity index (χ1) is 6.04. The van der Waals surface area contributed by atoms with E-state index in [1.807, 2.05) is 0 Å². The summed E-state index contributed by atoms with van der Waals surface area (Å²) >= 11 is 0. The maximum Gasteiger partial charge on any atom is 0.00410 e. The summed E-state index contributed by atoms with van der Waals surface area (Å²) in [6, 6.07) is 0. The Labute approximate surface area is 82.0 Å². The van der Waals surface area contributed by atoms with Crippen LogP contribution in [0.2, 0.25) is 0 Å². The minimum Gasteiger partial charge on any atom is -0.0949 e. The molecule has 0 N–H and O–H groups in total. The monoisotopic (exact) mass is 176 g/mol. The second kappa shape index (κ2) is 3.95. The second-order valence-corrected chi connectivity index (χ2v) is 4.46. The minimum absolute atomic E-state index is 0.544. The maximum atomic E-state index is 4.20. The van der Waals surface area contributed by atoms with E-state index in [2.05, 4.69) is 52.5 Å². The van der Waals surface area contributed by atoms with Crippen LogP contribution in [0.1, 0.15) is 27.7 Å². The van der Waals surface area contributed by atoms with Crippen molar-refractivity contribution in [3.63, 3.8) is 0 Å².